The van der Waals surface area contributed by atoms with Gasteiger partial charge in [0.15, 0.2) is 0 Å². The van der Waals surface area contributed by atoms with Crippen molar-refractivity contribution in [3.8, 4) is 0 Å². The number of carboxylic acids is 1. The molecule has 14 heavy (non-hydrogen) atoms. The standard InChI is InChI=1S/C10H14N2O2/c1-7-3-4-8(11)5-9(7)12(2)6-10(13)14/h3-5H,6,11H2,1-2H3,(H,13,14). The van der Waals surface area contributed by atoms with Crippen LogP contribution in [0.25, 0.3) is 0 Å². The van der Waals surface area contributed by atoms with Crippen molar-refractivity contribution in [3.05, 3.63) is 23.8 Å². The molecule has 0 aliphatic carbocycles. The molecule has 0 saturated heterocycles. The van der Waals surface area contributed by atoms with Crippen molar-refractivity contribution in [2.75, 3.05) is 24.2 Å². The number of nitrogens with zero attached hydrogens (tertiary/aromatic N) is 1. The average molecular weight is 194 g/mol. The summed E-state index contributed by atoms with van der Waals surface area (Å²) in [5.74, 6) is -0.852. The highest BCUT2D eigenvalue weighted by Gasteiger charge is 2.08. The third kappa shape index (κ3) is 2.39. The Hall–Kier alpha value is -1.71. The molecule has 3 N–H and O–H groups in total. The van der Waals surface area contributed by atoms with Gasteiger partial charge >= 0.3 is 5.97 Å². The van der Waals surface area contributed by atoms with Crippen LogP contribution in [-0.4, -0.2) is 24.7 Å². The number of carbonyl (C=O) groups is 1. The normalized spacial score (nSPS) is 9.86. The van der Waals surface area contributed by atoms with Gasteiger partial charge in [0.25, 0.3) is 0 Å². The van der Waals surface area contributed by atoms with E-state index in [0.717, 1.165) is 11.3 Å². The second-order valence-corrected chi connectivity index (χ2v) is 3.30. The number of likely N-dealkylation sites (N-methyl/N-ethyl adjacent to an activating group) is 1. The van der Waals surface area contributed by atoms with E-state index in [2.05, 4.69) is 0 Å². The summed E-state index contributed by atoms with van der Waals surface area (Å²) in [5, 5.41) is 8.63. The van der Waals surface area contributed by atoms with Crippen LogP contribution in [0.15, 0.2) is 18.2 Å². The molecule has 1 aromatic rings. The lowest BCUT2D eigenvalue weighted by molar-refractivity contribution is -0.135. The van der Waals surface area contributed by atoms with Gasteiger partial charge in [-0.15, -0.1) is 0 Å². The predicted octanol–water partition coefficient (Wildman–Crippen LogP) is 1.10. The first-order valence-corrected chi connectivity index (χ1v) is 4.30. The molecule has 76 valence electrons. The Labute approximate surface area is 82.9 Å². The quantitative estimate of drug-likeness (QED) is 0.707. The number of nitrogen functional groups attached to an aromatic ring is 1. The number of hydrogen-bond donors (Lipinski definition) is 2. The van der Waals surface area contributed by atoms with E-state index in [0.29, 0.717) is 5.69 Å². The van der Waals surface area contributed by atoms with Crippen molar-refractivity contribution in [3.63, 3.8) is 0 Å². The third-order valence-corrected chi connectivity index (χ3v) is 2.02. The lowest BCUT2D eigenvalue weighted by Gasteiger charge is -2.19. The Morgan fingerprint density at radius 2 is 2.21 bits per heavy atom. The van der Waals surface area contributed by atoms with E-state index in [-0.39, 0.29) is 6.54 Å². The van der Waals surface area contributed by atoms with E-state index in [1.165, 1.54) is 0 Å². The summed E-state index contributed by atoms with van der Waals surface area (Å²) in [6.07, 6.45) is 0. The van der Waals surface area contributed by atoms with Crippen molar-refractivity contribution in [1.29, 1.82) is 0 Å². The molecule has 0 aliphatic heterocycles. The summed E-state index contributed by atoms with van der Waals surface area (Å²) in [7, 11) is 1.73. The summed E-state index contributed by atoms with van der Waals surface area (Å²) in [4.78, 5) is 12.2. The Kier molecular flexibility index (Phi) is 2.96. The highest BCUT2D eigenvalue weighted by Crippen LogP contribution is 2.21. The van der Waals surface area contributed by atoms with Gasteiger partial charge in [-0.2, -0.15) is 0 Å². The monoisotopic (exact) mass is 194 g/mol. The molecule has 0 aromatic heterocycles. The van der Waals surface area contributed by atoms with Gasteiger partial charge in [0.1, 0.15) is 6.54 Å². The van der Waals surface area contributed by atoms with E-state index in [1.807, 2.05) is 13.0 Å². The molecule has 0 radical (unpaired) electrons. The van der Waals surface area contributed by atoms with E-state index in [9.17, 15) is 4.79 Å². The van der Waals surface area contributed by atoms with Gasteiger partial charge < -0.3 is 15.7 Å². The maximum Gasteiger partial charge on any atom is 0.323 e. The lowest BCUT2D eigenvalue weighted by Crippen LogP contribution is -2.25. The summed E-state index contributed by atoms with van der Waals surface area (Å²) < 4.78 is 0. The van der Waals surface area contributed by atoms with E-state index < -0.39 is 5.97 Å². The SMILES string of the molecule is Cc1ccc(N)cc1N(C)CC(=O)O. The van der Waals surface area contributed by atoms with E-state index in [1.54, 1.807) is 24.1 Å². The third-order valence-electron chi connectivity index (χ3n) is 2.02. The molecule has 1 aromatic carbocycles. The summed E-state index contributed by atoms with van der Waals surface area (Å²) >= 11 is 0. The van der Waals surface area contributed by atoms with Crippen LogP contribution in [0.3, 0.4) is 0 Å². The van der Waals surface area contributed by atoms with Crippen LogP contribution in [0, 0.1) is 6.92 Å². The second-order valence-electron chi connectivity index (χ2n) is 3.30. The lowest BCUT2D eigenvalue weighted by atomic mass is 10.1. The molecular weight excluding hydrogens is 180 g/mol. The van der Waals surface area contributed by atoms with Crippen LogP contribution in [-0.2, 0) is 4.79 Å². The molecule has 1 rings (SSSR count). The zero-order valence-corrected chi connectivity index (χ0v) is 8.32. The van der Waals surface area contributed by atoms with Gasteiger partial charge in [-0.3, -0.25) is 4.79 Å². The Morgan fingerprint density at radius 3 is 2.79 bits per heavy atom. The van der Waals surface area contributed by atoms with Gasteiger partial charge in [0, 0.05) is 18.4 Å². The molecule has 0 bridgehead atoms. The van der Waals surface area contributed by atoms with Gasteiger partial charge in [0.2, 0.25) is 0 Å². The summed E-state index contributed by atoms with van der Waals surface area (Å²) in [5.41, 5.74) is 8.13. The number of anilines is 2. The largest absolute Gasteiger partial charge is 0.480 e. The molecule has 4 nitrogen and oxygen atoms in total. The Bertz CT molecular complexity index is 350. The molecule has 0 unspecified atom stereocenters. The minimum atomic E-state index is -0.852. The van der Waals surface area contributed by atoms with Crippen LogP contribution in [0.1, 0.15) is 5.56 Å². The van der Waals surface area contributed by atoms with Crippen LogP contribution in [0.2, 0.25) is 0 Å². The number of carboxylic acid groups (broad SMARTS) is 1. The number of rotatable bonds is 3. The van der Waals surface area contributed by atoms with Gasteiger partial charge in [-0.1, -0.05) is 6.07 Å². The van der Waals surface area contributed by atoms with Crippen molar-refractivity contribution >= 4 is 17.3 Å². The topological polar surface area (TPSA) is 66.6 Å². The fraction of sp³-hybridized carbons (Fsp3) is 0.300. The van der Waals surface area contributed by atoms with E-state index in [4.69, 9.17) is 10.8 Å². The van der Waals surface area contributed by atoms with Crippen LogP contribution >= 0.6 is 0 Å². The molecule has 0 amide bonds. The second kappa shape index (κ2) is 4.00. The zero-order chi connectivity index (χ0) is 10.7. The average Bonchev–Trinajstić information content (AvgIpc) is 2.08. The van der Waals surface area contributed by atoms with Crippen molar-refractivity contribution < 1.29 is 9.90 Å². The van der Waals surface area contributed by atoms with Crippen molar-refractivity contribution in [2.24, 2.45) is 0 Å². The molecule has 0 aliphatic rings. The maximum absolute atomic E-state index is 10.5. The Balaban J connectivity index is 2.93. The first-order valence-electron chi connectivity index (χ1n) is 4.30. The minimum absolute atomic E-state index is 0.0235. The molecule has 0 spiro atoms. The highest BCUT2D eigenvalue weighted by molar-refractivity contribution is 5.74. The first kappa shape index (κ1) is 10.4. The summed E-state index contributed by atoms with van der Waals surface area (Å²) in [6.45, 7) is 1.90. The van der Waals surface area contributed by atoms with Gasteiger partial charge in [-0.25, -0.2) is 0 Å². The molecule has 0 atom stereocenters. The predicted molar refractivity (Wildman–Crippen MR) is 56.5 cm³/mol. The molecular formula is C10H14N2O2. The van der Waals surface area contributed by atoms with Crippen LogP contribution in [0.4, 0.5) is 11.4 Å². The molecule has 0 fully saturated rings. The summed E-state index contributed by atoms with van der Waals surface area (Å²) in [6, 6.07) is 5.45. The number of aliphatic carboxylic acids is 1. The Morgan fingerprint density at radius 1 is 1.57 bits per heavy atom. The fourth-order valence-electron chi connectivity index (χ4n) is 1.33. The molecule has 0 saturated carbocycles. The smallest absolute Gasteiger partial charge is 0.323 e. The number of hydrogen-bond acceptors (Lipinski definition) is 3. The number of nitrogens with two attached hydrogens (primary N) is 1. The highest BCUT2D eigenvalue weighted by atomic mass is 16.4. The first-order chi connectivity index (χ1) is 6.50. The minimum Gasteiger partial charge on any atom is -0.480 e. The maximum atomic E-state index is 10.5. The zero-order valence-electron chi connectivity index (χ0n) is 8.32. The number of aryl methyl sites for hydroxylation is 1. The fourth-order valence-corrected chi connectivity index (χ4v) is 1.33. The number of benzene rings is 1. The van der Waals surface area contributed by atoms with E-state index >= 15 is 0 Å². The van der Waals surface area contributed by atoms with Gasteiger partial charge in [0.05, 0.1) is 0 Å². The van der Waals surface area contributed by atoms with Crippen LogP contribution < -0.4 is 10.6 Å². The molecule has 4 heteroatoms. The molecule has 0 heterocycles. The van der Waals surface area contributed by atoms with Crippen molar-refractivity contribution in [2.45, 2.75) is 6.92 Å². The van der Waals surface area contributed by atoms with Crippen LogP contribution in [0.5, 0.6) is 0 Å². The van der Waals surface area contributed by atoms with Crippen molar-refractivity contribution in [1.82, 2.24) is 0 Å². The van der Waals surface area contributed by atoms with Gasteiger partial charge in [-0.05, 0) is 24.6 Å².